The van der Waals surface area contributed by atoms with Crippen molar-refractivity contribution in [2.24, 2.45) is 0 Å². The highest BCUT2D eigenvalue weighted by molar-refractivity contribution is 7.40. The van der Waals surface area contributed by atoms with E-state index in [0.717, 1.165) is 0 Å². The third-order valence-corrected chi connectivity index (χ3v) is 0.894. The number of rotatable bonds is 1. The first-order valence-corrected chi connectivity index (χ1v) is 3.03. The molecule has 29 valence electrons. The van der Waals surface area contributed by atoms with Gasteiger partial charge in [-0.05, 0) is 13.6 Å². The molecule has 0 nitrogen and oxygen atoms in total. The second kappa shape index (κ2) is 4.17. The molecule has 0 aliphatic rings. The highest BCUT2D eigenvalue weighted by Crippen LogP contribution is 2.00. The maximum absolute atomic E-state index is 2.10. The summed E-state index contributed by atoms with van der Waals surface area (Å²) in [4.78, 5) is 0. The van der Waals surface area contributed by atoms with E-state index in [9.17, 15) is 0 Å². The van der Waals surface area contributed by atoms with E-state index in [0.29, 0.717) is 0 Å². The van der Waals surface area contributed by atoms with Crippen LogP contribution in [-0.2, 0) is 0 Å². The summed E-state index contributed by atoms with van der Waals surface area (Å²) >= 11 is 0. The van der Waals surface area contributed by atoms with Crippen molar-refractivity contribution < 1.29 is 0 Å². The van der Waals surface area contributed by atoms with E-state index >= 15 is 0 Å². The summed E-state index contributed by atoms with van der Waals surface area (Å²) in [5.74, 6) is 2.10. The van der Waals surface area contributed by atoms with Crippen LogP contribution in [0.2, 0.25) is 0 Å². The molecule has 0 N–H and O–H groups in total. The van der Waals surface area contributed by atoms with Crippen LogP contribution in [0.3, 0.4) is 0 Å². The summed E-state index contributed by atoms with van der Waals surface area (Å²) in [6.07, 6.45) is 2.04. The second-order valence-corrected chi connectivity index (χ2v) is 1.56. The normalized spacial score (nSPS) is 12.4. The molecule has 0 aliphatic carbocycles. The van der Waals surface area contributed by atoms with Crippen LogP contribution in [0.25, 0.3) is 0 Å². The van der Waals surface area contributed by atoms with E-state index in [2.05, 4.69) is 12.5 Å². The Morgan fingerprint density at radius 1 is 1.60 bits per heavy atom. The van der Waals surface area contributed by atoms with Gasteiger partial charge >= 0.3 is 0 Å². The Balaban J connectivity index is 2.62. The summed E-state index contributed by atoms with van der Waals surface area (Å²) < 4.78 is 0. The molecular weight excluding hydrogens is 79.0 g/mol. The first-order valence-electron chi connectivity index (χ1n) is 1.62. The van der Waals surface area contributed by atoms with Gasteiger partial charge in [-0.1, -0.05) is 20.5 Å². The highest BCUT2D eigenvalue weighted by Gasteiger charge is 1.52. The standard InChI is InChI=1S/C4H8P/c1-3-4-5-2/h3-4H,1-2H3/b4-3-. The lowest BCUT2D eigenvalue weighted by atomic mass is 10.8. The topological polar surface area (TPSA) is 0 Å². The molecule has 0 aromatic heterocycles. The van der Waals surface area contributed by atoms with Gasteiger partial charge in [0.25, 0.3) is 0 Å². The third-order valence-electron chi connectivity index (χ3n) is 0.298. The summed E-state index contributed by atoms with van der Waals surface area (Å²) in [5, 5.41) is 0. The van der Waals surface area contributed by atoms with E-state index in [-0.39, 0.29) is 0 Å². The first kappa shape index (κ1) is 5.17. The van der Waals surface area contributed by atoms with Crippen molar-refractivity contribution in [3.8, 4) is 0 Å². The predicted octanol–water partition coefficient (Wildman–Crippen LogP) is 2.10. The van der Waals surface area contributed by atoms with Gasteiger partial charge in [0.15, 0.2) is 0 Å². The van der Waals surface area contributed by atoms with Crippen LogP contribution in [0.1, 0.15) is 6.92 Å². The van der Waals surface area contributed by atoms with Crippen LogP contribution in [0, 0.1) is 0 Å². The van der Waals surface area contributed by atoms with Gasteiger partial charge in [0, 0.05) is 0 Å². The molecule has 0 rings (SSSR count). The average Bonchev–Trinajstić information content (AvgIpc) is 1.41. The van der Waals surface area contributed by atoms with E-state index in [1.807, 2.05) is 13.0 Å². The number of hydrogen-bond acceptors (Lipinski definition) is 0. The van der Waals surface area contributed by atoms with Gasteiger partial charge < -0.3 is 0 Å². The molecule has 0 bridgehead atoms. The molecular formula is C4H8P. The molecule has 0 spiro atoms. The number of hydrogen-bond donors (Lipinski definition) is 0. The lowest BCUT2D eigenvalue weighted by Crippen LogP contribution is -1.30. The van der Waals surface area contributed by atoms with Crippen LogP contribution < -0.4 is 0 Å². The Morgan fingerprint density at radius 3 is 2.20 bits per heavy atom. The fourth-order valence-corrected chi connectivity index (χ4v) is 0.447. The third kappa shape index (κ3) is 4.17. The van der Waals surface area contributed by atoms with Crippen molar-refractivity contribution in [2.45, 2.75) is 6.92 Å². The minimum atomic E-state index is 1.35. The Kier molecular flexibility index (Phi) is 4.31. The first-order chi connectivity index (χ1) is 2.41. The minimum absolute atomic E-state index is 1.35. The van der Waals surface area contributed by atoms with Gasteiger partial charge in [-0.2, -0.15) is 0 Å². The highest BCUT2D eigenvalue weighted by atomic mass is 31.1. The molecule has 0 aromatic carbocycles. The maximum atomic E-state index is 2.10. The predicted molar refractivity (Wildman–Crippen MR) is 27.7 cm³/mol. The fraction of sp³-hybridized carbons (Fsp3) is 0.500. The Morgan fingerprint density at radius 2 is 2.20 bits per heavy atom. The van der Waals surface area contributed by atoms with Gasteiger partial charge in [0.1, 0.15) is 0 Å². The molecule has 0 saturated carbocycles. The summed E-state index contributed by atoms with van der Waals surface area (Å²) in [6, 6.07) is 0. The molecule has 0 atom stereocenters. The molecule has 0 aromatic rings. The lowest BCUT2D eigenvalue weighted by molar-refractivity contribution is 1.78. The fourth-order valence-electron chi connectivity index (χ4n) is 0.149. The van der Waals surface area contributed by atoms with Gasteiger partial charge in [-0.25, -0.2) is 0 Å². The smallest absolute Gasteiger partial charge is 0.0368 e. The van der Waals surface area contributed by atoms with E-state index < -0.39 is 0 Å². The molecule has 0 aliphatic heterocycles. The molecule has 0 fully saturated rings. The van der Waals surface area contributed by atoms with Crippen molar-refractivity contribution in [2.75, 3.05) is 6.66 Å². The lowest BCUT2D eigenvalue weighted by Gasteiger charge is -1.64. The van der Waals surface area contributed by atoms with Crippen LogP contribution in [0.4, 0.5) is 0 Å². The van der Waals surface area contributed by atoms with Crippen molar-refractivity contribution >= 4 is 8.58 Å². The molecule has 1 heteroatoms. The summed E-state index contributed by atoms with van der Waals surface area (Å²) in [6.45, 7) is 4.12. The van der Waals surface area contributed by atoms with Crippen molar-refractivity contribution in [3.63, 3.8) is 0 Å². The quantitative estimate of drug-likeness (QED) is 0.429. The van der Waals surface area contributed by atoms with Gasteiger partial charge in [0.05, 0.1) is 0 Å². The van der Waals surface area contributed by atoms with E-state index in [1.165, 1.54) is 8.58 Å². The minimum Gasteiger partial charge on any atom is -0.0868 e. The van der Waals surface area contributed by atoms with Crippen LogP contribution >= 0.6 is 8.58 Å². The van der Waals surface area contributed by atoms with Crippen molar-refractivity contribution in [1.82, 2.24) is 0 Å². The largest absolute Gasteiger partial charge is 0.0868 e. The summed E-state index contributed by atoms with van der Waals surface area (Å²) in [5.41, 5.74) is 0. The van der Waals surface area contributed by atoms with Gasteiger partial charge in [-0.3, -0.25) is 0 Å². The average molecular weight is 87.1 g/mol. The Labute approximate surface area is 35.1 Å². The maximum Gasteiger partial charge on any atom is -0.0368 e. The van der Waals surface area contributed by atoms with Gasteiger partial charge in [0.2, 0.25) is 0 Å². The molecule has 0 amide bonds. The molecule has 5 heavy (non-hydrogen) atoms. The van der Waals surface area contributed by atoms with Crippen LogP contribution in [0.5, 0.6) is 0 Å². The van der Waals surface area contributed by atoms with E-state index in [1.54, 1.807) is 0 Å². The number of allylic oxidation sites excluding steroid dienone is 1. The van der Waals surface area contributed by atoms with Crippen molar-refractivity contribution in [1.29, 1.82) is 0 Å². The zero-order valence-electron chi connectivity index (χ0n) is 3.60. The van der Waals surface area contributed by atoms with Gasteiger partial charge in [-0.15, -0.1) is 0 Å². The second-order valence-electron chi connectivity index (χ2n) is 0.741. The van der Waals surface area contributed by atoms with E-state index in [4.69, 9.17) is 0 Å². The Hall–Kier alpha value is 0.170. The van der Waals surface area contributed by atoms with Crippen LogP contribution in [0.15, 0.2) is 11.9 Å². The molecule has 0 saturated heterocycles. The zero-order chi connectivity index (χ0) is 4.12. The zero-order valence-corrected chi connectivity index (χ0v) is 4.50. The Bertz CT molecular complexity index is 30.6. The SMILES string of the molecule is C/C=C\[P]C. The monoisotopic (exact) mass is 87.0 g/mol. The van der Waals surface area contributed by atoms with Crippen LogP contribution in [-0.4, -0.2) is 6.66 Å². The summed E-state index contributed by atoms with van der Waals surface area (Å²) in [7, 11) is 1.35. The van der Waals surface area contributed by atoms with Crippen molar-refractivity contribution in [3.05, 3.63) is 11.9 Å². The molecule has 1 radical (unpaired) electrons. The molecule has 0 heterocycles. The molecule has 0 unspecified atom stereocenters.